The first-order chi connectivity index (χ1) is 7.93. The van der Waals surface area contributed by atoms with Crippen molar-refractivity contribution >= 4 is 17.5 Å². The number of benzene rings is 1. The molecule has 0 fully saturated rings. The van der Waals surface area contributed by atoms with Crippen molar-refractivity contribution in [1.29, 1.82) is 0 Å². The van der Waals surface area contributed by atoms with Gasteiger partial charge in [0.2, 0.25) is 5.91 Å². The minimum Gasteiger partial charge on any atom is -0.355 e. The third-order valence-corrected chi connectivity index (χ3v) is 3.33. The fourth-order valence-corrected chi connectivity index (χ4v) is 1.43. The number of hydrogen-bond donors (Lipinski definition) is 1. The molecular formula is C14H20ClNO. The van der Waals surface area contributed by atoms with E-state index in [-0.39, 0.29) is 11.3 Å². The van der Waals surface area contributed by atoms with Crippen molar-refractivity contribution in [2.45, 2.75) is 27.2 Å². The summed E-state index contributed by atoms with van der Waals surface area (Å²) in [5, 5.41) is 2.91. The molecule has 0 aliphatic rings. The van der Waals surface area contributed by atoms with Crippen molar-refractivity contribution < 1.29 is 4.79 Å². The SMILES string of the molecule is Cc1ccc(CC(=O)NCC(C)(C)CCl)cc1. The minimum atomic E-state index is -0.0511. The zero-order chi connectivity index (χ0) is 12.9. The van der Waals surface area contributed by atoms with Crippen LogP contribution in [0.5, 0.6) is 0 Å². The second-order valence-electron chi connectivity index (χ2n) is 5.24. The lowest BCUT2D eigenvalue weighted by Gasteiger charge is -2.21. The molecule has 0 bridgehead atoms. The Morgan fingerprint density at radius 2 is 1.88 bits per heavy atom. The normalized spacial score (nSPS) is 11.3. The van der Waals surface area contributed by atoms with E-state index in [0.29, 0.717) is 18.8 Å². The van der Waals surface area contributed by atoms with E-state index in [9.17, 15) is 4.79 Å². The molecule has 0 radical (unpaired) electrons. The van der Waals surface area contributed by atoms with Gasteiger partial charge in [-0.15, -0.1) is 11.6 Å². The van der Waals surface area contributed by atoms with Gasteiger partial charge in [0.25, 0.3) is 0 Å². The summed E-state index contributed by atoms with van der Waals surface area (Å²) in [5.74, 6) is 0.588. The van der Waals surface area contributed by atoms with Crippen LogP contribution in [0.2, 0.25) is 0 Å². The average molecular weight is 254 g/mol. The highest BCUT2D eigenvalue weighted by Gasteiger charge is 2.17. The number of nitrogens with one attached hydrogen (secondary N) is 1. The van der Waals surface area contributed by atoms with Crippen LogP contribution in [0.4, 0.5) is 0 Å². The first kappa shape index (κ1) is 14.0. The first-order valence-corrected chi connectivity index (χ1v) is 6.35. The largest absolute Gasteiger partial charge is 0.355 e. The molecule has 1 rings (SSSR count). The highest BCUT2D eigenvalue weighted by atomic mass is 35.5. The molecule has 0 saturated heterocycles. The van der Waals surface area contributed by atoms with Gasteiger partial charge in [-0.25, -0.2) is 0 Å². The summed E-state index contributed by atoms with van der Waals surface area (Å²) in [6.07, 6.45) is 0.429. The highest BCUT2D eigenvalue weighted by molar-refractivity contribution is 6.18. The maximum absolute atomic E-state index is 11.7. The molecule has 1 aromatic rings. The monoisotopic (exact) mass is 253 g/mol. The van der Waals surface area contributed by atoms with Crippen LogP contribution in [0.25, 0.3) is 0 Å². The molecule has 0 spiro atoms. The van der Waals surface area contributed by atoms with E-state index < -0.39 is 0 Å². The van der Waals surface area contributed by atoms with Gasteiger partial charge in [0.15, 0.2) is 0 Å². The lowest BCUT2D eigenvalue weighted by atomic mass is 9.96. The van der Waals surface area contributed by atoms with Crippen LogP contribution < -0.4 is 5.32 Å². The van der Waals surface area contributed by atoms with Gasteiger partial charge in [-0.3, -0.25) is 4.79 Å². The number of carbonyl (C=O) groups is 1. The number of aryl methyl sites for hydroxylation is 1. The Labute approximate surface area is 108 Å². The Bertz CT molecular complexity index is 370. The van der Waals surface area contributed by atoms with Crippen LogP contribution >= 0.6 is 11.6 Å². The number of halogens is 1. The van der Waals surface area contributed by atoms with Crippen molar-refractivity contribution in [3.05, 3.63) is 35.4 Å². The summed E-state index contributed by atoms with van der Waals surface area (Å²) in [6, 6.07) is 8.01. The Balaban J connectivity index is 2.42. The molecule has 0 aliphatic heterocycles. The summed E-state index contributed by atoms with van der Waals surface area (Å²) >= 11 is 5.80. The van der Waals surface area contributed by atoms with E-state index in [0.717, 1.165) is 5.56 Å². The van der Waals surface area contributed by atoms with Gasteiger partial charge in [0.05, 0.1) is 6.42 Å². The molecule has 0 heterocycles. The standard InChI is InChI=1S/C14H20ClNO/c1-11-4-6-12(7-5-11)8-13(17)16-10-14(2,3)9-15/h4-7H,8-10H2,1-3H3,(H,16,17). The van der Waals surface area contributed by atoms with Crippen LogP contribution in [0, 0.1) is 12.3 Å². The van der Waals surface area contributed by atoms with Crippen molar-refractivity contribution in [2.75, 3.05) is 12.4 Å². The maximum Gasteiger partial charge on any atom is 0.224 e. The van der Waals surface area contributed by atoms with E-state index in [4.69, 9.17) is 11.6 Å². The Kier molecular flexibility index (Phi) is 5.01. The van der Waals surface area contributed by atoms with Crippen LogP contribution in [0.1, 0.15) is 25.0 Å². The average Bonchev–Trinajstić information content (AvgIpc) is 2.30. The van der Waals surface area contributed by atoms with Crippen molar-refractivity contribution in [1.82, 2.24) is 5.32 Å². The van der Waals surface area contributed by atoms with Gasteiger partial charge >= 0.3 is 0 Å². The topological polar surface area (TPSA) is 29.1 Å². The van der Waals surface area contributed by atoms with Gasteiger partial charge in [-0.1, -0.05) is 43.7 Å². The van der Waals surface area contributed by atoms with Crippen molar-refractivity contribution in [3.8, 4) is 0 Å². The molecule has 2 nitrogen and oxygen atoms in total. The predicted molar refractivity (Wildman–Crippen MR) is 72.4 cm³/mol. The van der Waals surface area contributed by atoms with E-state index >= 15 is 0 Å². The predicted octanol–water partition coefficient (Wildman–Crippen LogP) is 2.92. The highest BCUT2D eigenvalue weighted by Crippen LogP contribution is 2.15. The van der Waals surface area contributed by atoms with Gasteiger partial charge in [0.1, 0.15) is 0 Å². The number of amides is 1. The van der Waals surface area contributed by atoms with E-state index in [2.05, 4.69) is 5.32 Å². The number of rotatable bonds is 5. The van der Waals surface area contributed by atoms with Crippen LogP contribution in [0.15, 0.2) is 24.3 Å². The molecule has 3 heteroatoms. The zero-order valence-electron chi connectivity index (χ0n) is 10.7. The van der Waals surface area contributed by atoms with Crippen LogP contribution in [-0.4, -0.2) is 18.3 Å². The second kappa shape index (κ2) is 6.06. The maximum atomic E-state index is 11.7. The molecule has 0 aromatic heterocycles. The molecule has 1 amide bonds. The van der Waals surface area contributed by atoms with Gasteiger partial charge in [-0.2, -0.15) is 0 Å². The Hall–Kier alpha value is -1.02. The molecule has 0 unspecified atom stereocenters. The molecule has 94 valence electrons. The van der Waals surface area contributed by atoms with Gasteiger partial charge < -0.3 is 5.32 Å². The fraction of sp³-hybridized carbons (Fsp3) is 0.500. The van der Waals surface area contributed by atoms with E-state index in [1.165, 1.54) is 5.56 Å². The van der Waals surface area contributed by atoms with Gasteiger partial charge in [-0.05, 0) is 17.9 Å². The fourth-order valence-electron chi connectivity index (χ4n) is 1.34. The molecule has 1 N–H and O–H groups in total. The summed E-state index contributed by atoms with van der Waals surface area (Å²) in [6.45, 7) is 6.71. The summed E-state index contributed by atoms with van der Waals surface area (Å²) in [7, 11) is 0. The number of hydrogen-bond acceptors (Lipinski definition) is 1. The van der Waals surface area contributed by atoms with E-state index in [1.54, 1.807) is 0 Å². The summed E-state index contributed by atoms with van der Waals surface area (Å²) < 4.78 is 0. The van der Waals surface area contributed by atoms with Crippen LogP contribution in [-0.2, 0) is 11.2 Å². The molecular weight excluding hydrogens is 234 g/mol. The number of carbonyl (C=O) groups excluding carboxylic acids is 1. The smallest absolute Gasteiger partial charge is 0.224 e. The lowest BCUT2D eigenvalue weighted by Crippen LogP contribution is -2.35. The Morgan fingerprint density at radius 1 is 1.29 bits per heavy atom. The Morgan fingerprint density at radius 3 is 2.41 bits per heavy atom. The summed E-state index contributed by atoms with van der Waals surface area (Å²) in [5.41, 5.74) is 2.19. The van der Waals surface area contributed by atoms with Crippen molar-refractivity contribution in [3.63, 3.8) is 0 Å². The zero-order valence-corrected chi connectivity index (χ0v) is 11.5. The van der Waals surface area contributed by atoms with Crippen molar-refractivity contribution in [2.24, 2.45) is 5.41 Å². The molecule has 17 heavy (non-hydrogen) atoms. The quantitative estimate of drug-likeness (QED) is 0.804. The third kappa shape index (κ3) is 5.22. The minimum absolute atomic E-state index is 0.0482. The molecule has 0 aliphatic carbocycles. The molecule has 0 atom stereocenters. The molecule has 0 saturated carbocycles. The van der Waals surface area contributed by atoms with E-state index in [1.807, 2.05) is 45.0 Å². The third-order valence-electron chi connectivity index (χ3n) is 2.61. The molecule has 1 aromatic carbocycles. The first-order valence-electron chi connectivity index (χ1n) is 5.81. The number of alkyl halides is 1. The summed E-state index contributed by atoms with van der Waals surface area (Å²) in [4.78, 5) is 11.7. The lowest BCUT2D eigenvalue weighted by molar-refractivity contribution is -0.120. The van der Waals surface area contributed by atoms with Crippen LogP contribution in [0.3, 0.4) is 0 Å². The van der Waals surface area contributed by atoms with Gasteiger partial charge in [0, 0.05) is 12.4 Å². The second-order valence-corrected chi connectivity index (χ2v) is 5.50.